The lowest BCUT2D eigenvalue weighted by Crippen LogP contribution is -2.46. The van der Waals surface area contributed by atoms with E-state index >= 15 is 0 Å². The van der Waals surface area contributed by atoms with Crippen LogP contribution >= 0.6 is 0 Å². The highest BCUT2D eigenvalue weighted by Gasteiger charge is 2.32. The van der Waals surface area contributed by atoms with Crippen LogP contribution in [-0.2, 0) is 4.74 Å². The van der Waals surface area contributed by atoms with Crippen LogP contribution in [0.3, 0.4) is 0 Å². The lowest BCUT2D eigenvalue weighted by molar-refractivity contribution is -0.0361. The lowest BCUT2D eigenvalue weighted by atomic mass is 9.78. The zero-order valence-electron chi connectivity index (χ0n) is 11.6. The third-order valence-corrected chi connectivity index (χ3v) is 3.59. The van der Waals surface area contributed by atoms with Gasteiger partial charge in [-0.2, -0.15) is 0 Å². The van der Waals surface area contributed by atoms with Gasteiger partial charge >= 0.3 is 0 Å². The molecule has 0 saturated heterocycles. The quantitative estimate of drug-likeness (QED) is 0.803. The molecule has 4 unspecified atom stereocenters. The number of ether oxygens (including phenoxy) is 1. The van der Waals surface area contributed by atoms with Gasteiger partial charge < -0.3 is 10.5 Å². The van der Waals surface area contributed by atoms with Gasteiger partial charge in [-0.1, -0.05) is 34.6 Å². The molecule has 0 heterocycles. The Bertz CT molecular complexity index is 197. The minimum absolute atomic E-state index is 0.235. The summed E-state index contributed by atoms with van der Waals surface area (Å²) in [7, 11) is 0. The van der Waals surface area contributed by atoms with Crippen molar-refractivity contribution in [2.45, 2.75) is 66.0 Å². The molecule has 0 aliphatic heterocycles. The predicted molar refractivity (Wildman–Crippen MR) is 69.3 cm³/mol. The summed E-state index contributed by atoms with van der Waals surface area (Å²) in [6.07, 6.45) is 3.76. The average Bonchev–Trinajstić information content (AvgIpc) is 2.07. The van der Waals surface area contributed by atoms with Crippen LogP contribution in [-0.4, -0.2) is 18.8 Å². The van der Waals surface area contributed by atoms with Crippen molar-refractivity contribution in [3.05, 3.63) is 0 Å². The van der Waals surface area contributed by atoms with E-state index in [1.807, 2.05) is 0 Å². The molecule has 0 aromatic carbocycles. The minimum Gasteiger partial charge on any atom is -0.376 e. The van der Waals surface area contributed by atoms with Gasteiger partial charge in [-0.05, 0) is 36.5 Å². The fourth-order valence-corrected chi connectivity index (χ4v) is 2.67. The first-order valence-electron chi connectivity index (χ1n) is 6.67. The molecule has 1 aliphatic rings. The third-order valence-electron chi connectivity index (χ3n) is 3.59. The van der Waals surface area contributed by atoms with Crippen LogP contribution in [0.4, 0.5) is 0 Å². The second-order valence-electron chi connectivity index (χ2n) is 6.86. The van der Waals surface area contributed by atoms with E-state index in [0.29, 0.717) is 11.3 Å². The van der Waals surface area contributed by atoms with Crippen LogP contribution in [0.2, 0.25) is 0 Å². The molecule has 0 bridgehead atoms. The van der Waals surface area contributed by atoms with Gasteiger partial charge in [0.25, 0.3) is 0 Å². The summed E-state index contributed by atoms with van der Waals surface area (Å²) in [6.45, 7) is 12.2. The Labute approximate surface area is 101 Å². The molecule has 1 rings (SSSR count). The first-order valence-corrected chi connectivity index (χ1v) is 6.67. The summed E-state index contributed by atoms with van der Waals surface area (Å²) in [5.41, 5.74) is 6.54. The monoisotopic (exact) mass is 227 g/mol. The van der Waals surface area contributed by atoms with Gasteiger partial charge in [0, 0.05) is 12.6 Å². The summed E-state index contributed by atoms with van der Waals surface area (Å²) in [6, 6.07) is 0.235. The number of hydrogen-bond acceptors (Lipinski definition) is 2. The second-order valence-corrected chi connectivity index (χ2v) is 6.86. The molecule has 1 saturated carbocycles. The Kier molecular flexibility index (Phi) is 4.81. The van der Waals surface area contributed by atoms with Crippen molar-refractivity contribution in [3.63, 3.8) is 0 Å². The highest BCUT2D eigenvalue weighted by molar-refractivity contribution is 4.86. The van der Waals surface area contributed by atoms with Crippen LogP contribution in [0.25, 0.3) is 0 Å². The van der Waals surface area contributed by atoms with Gasteiger partial charge in [0.2, 0.25) is 0 Å². The van der Waals surface area contributed by atoms with Gasteiger partial charge in [0.05, 0.1) is 6.10 Å². The Morgan fingerprint density at radius 1 is 1.19 bits per heavy atom. The van der Waals surface area contributed by atoms with Gasteiger partial charge in [0.15, 0.2) is 0 Å². The Morgan fingerprint density at radius 2 is 1.81 bits per heavy atom. The topological polar surface area (TPSA) is 35.2 Å². The second kappa shape index (κ2) is 5.50. The molecule has 4 atom stereocenters. The molecular weight excluding hydrogens is 198 g/mol. The number of hydrogen-bond donors (Lipinski definition) is 1. The largest absolute Gasteiger partial charge is 0.376 e. The molecule has 0 radical (unpaired) electrons. The molecule has 1 aliphatic carbocycles. The molecule has 1 fully saturated rings. The van der Waals surface area contributed by atoms with E-state index in [1.54, 1.807) is 0 Å². The van der Waals surface area contributed by atoms with Crippen LogP contribution in [0.1, 0.15) is 53.9 Å². The van der Waals surface area contributed by atoms with Gasteiger partial charge in [-0.25, -0.2) is 0 Å². The van der Waals surface area contributed by atoms with E-state index in [-0.39, 0.29) is 12.1 Å². The SMILES string of the molecule is CC1CC(C)C(OCCC(C)(C)C)C(N)C1. The first kappa shape index (κ1) is 14.0. The molecular formula is C14H29NO. The van der Waals surface area contributed by atoms with E-state index in [9.17, 15) is 0 Å². The summed E-state index contributed by atoms with van der Waals surface area (Å²) in [5, 5.41) is 0. The number of nitrogens with two attached hydrogens (primary N) is 1. The van der Waals surface area contributed by atoms with Crippen molar-refractivity contribution in [2.24, 2.45) is 23.0 Å². The van der Waals surface area contributed by atoms with Crippen molar-refractivity contribution >= 4 is 0 Å². The number of rotatable bonds is 3. The van der Waals surface area contributed by atoms with E-state index in [0.717, 1.165) is 25.4 Å². The van der Waals surface area contributed by atoms with Crippen molar-refractivity contribution in [2.75, 3.05) is 6.61 Å². The standard InChI is InChI=1S/C14H29NO/c1-10-8-11(2)13(12(15)9-10)16-7-6-14(3,4)5/h10-13H,6-9,15H2,1-5H3. The van der Waals surface area contributed by atoms with E-state index < -0.39 is 0 Å². The molecule has 0 aromatic heterocycles. The molecule has 16 heavy (non-hydrogen) atoms. The zero-order valence-corrected chi connectivity index (χ0v) is 11.6. The van der Waals surface area contributed by atoms with Gasteiger partial charge in [-0.15, -0.1) is 0 Å². The van der Waals surface area contributed by atoms with Crippen LogP contribution in [0, 0.1) is 17.3 Å². The fraction of sp³-hybridized carbons (Fsp3) is 1.00. The Morgan fingerprint density at radius 3 is 2.31 bits per heavy atom. The molecule has 2 heteroatoms. The summed E-state index contributed by atoms with van der Waals surface area (Å²) in [4.78, 5) is 0. The zero-order chi connectivity index (χ0) is 12.3. The summed E-state index contributed by atoms with van der Waals surface area (Å²) >= 11 is 0. The van der Waals surface area contributed by atoms with Crippen molar-refractivity contribution in [1.29, 1.82) is 0 Å². The van der Waals surface area contributed by atoms with E-state index in [4.69, 9.17) is 10.5 Å². The Balaban J connectivity index is 2.35. The molecule has 0 aromatic rings. The van der Waals surface area contributed by atoms with Crippen molar-refractivity contribution in [1.82, 2.24) is 0 Å². The van der Waals surface area contributed by atoms with E-state index in [1.165, 1.54) is 6.42 Å². The maximum absolute atomic E-state index is 6.18. The highest BCUT2D eigenvalue weighted by Crippen LogP contribution is 2.30. The molecule has 96 valence electrons. The van der Waals surface area contributed by atoms with Crippen molar-refractivity contribution in [3.8, 4) is 0 Å². The Hall–Kier alpha value is -0.0800. The predicted octanol–water partition coefficient (Wildman–Crippen LogP) is 3.20. The van der Waals surface area contributed by atoms with Crippen LogP contribution in [0.15, 0.2) is 0 Å². The van der Waals surface area contributed by atoms with E-state index in [2.05, 4.69) is 34.6 Å². The maximum atomic E-state index is 6.18. The maximum Gasteiger partial charge on any atom is 0.0751 e. The van der Waals surface area contributed by atoms with Crippen molar-refractivity contribution < 1.29 is 4.74 Å². The molecule has 2 N–H and O–H groups in total. The first-order chi connectivity index (χ1) is 7.29. The summed E-state index contributed by atoms with van der Waals surface area (Å²) in [5.74, 6) is 1.37. The molecule has 2 nitrogen and oxygen atoms in total. The highest BCUT2D eigenvalue weighted by atomic mass is 16.5. The van der Waals surface area contributed by atoms with Crippen LogP contribution in [0.5, 0.6) is 0 Å². The average molecular weight is 227 g/mol. The normalized spacial score (nSPS) is 36.4. The smallest absolute Gasteiger partial charge is 0.0751 e. The molecule has 0 spiro atoms. The minimum atomic E-state index is 0.235. The van der Waals surface area contributed by atoms with Gasteiger partial charge in [-0.3, -0.25) is 0 Å². The lowest BCUT2D eigenvalue weighted by Gasteiger charge is -2.38. The molecule has 0 amide bonds. The van der Waals surface area contributed by atoms with Crippen LogP contribution < -0.4 is 5.73 Å². The fourth-order valence-electron chi connectivity index (χ4n) is 2.67. The van der Waals surface area contributed by atoms with Gasteiger partial charge in [0.1, 0.15) is 0 Å². The third kappa shape index (κ3) is 4.42. The summed E-state index contributed by atoms with van der Waals surface area (Å²) < 4.78 is 6.01.